The van der Waals surface area contributed by atoms with E-state index in [0.717, 1.165) is 41.0 Å². The maximum atomic E-state index is 13.2. The molecule has 0 spiro atoms. The smallest absolute Gasteiger partial charge is 0.253 e. The van der Waals surface area contributed by atoms with Gasteiger partial charge in [-0.05, 0) is 66.2 Å². The number of rotatable bonds is 4. The number of nitrogens with one attached hydrogen (secondary N) is 1. The Morgan fingerprint density at radius 2 is 1.77 bits per heavy atom. The highest BCUT2D eigenvalue weighted by Crippen LogP contribution is 2.30. The van der Waals surface area contributed by atoms with Crippen LogP contribution < -0.4 is 5.32 Å². The van der Waals surface area contributed by atoms with Gasteiger partial charge < -0.3 is 10.2 Å². The van der Waals surface area contributed by atoms with Crippen molar-refractivity contribution in [3.63, 3.8) is 0 Å². The minimum absolute atomic E-state index is 0.00663. The largest absolute Gasteiger partial charge is 0.360 e. The highest BCUT2D eigenvalue weighted by atomic mass is 127. The zero-order valence-corrected chi connectivity index (χ0v) is 20.5. The van der Waals surface area contributed by atoms with Crippen LogP contribution in [0.1, 0.15) is 54.1 Å². The van der Waals surface area contributed by atoms with E-state index in [2.05, 4.69) is 76.1 Å². The van der Waals surface area contributed by atoms with E-state index in [1.54, 1.807) is 0 Å². The second-order valence-corrected chi connectivity index (χ2v) is 9.90. The lowest BCUT2D eigenvalue weighted by molar-refractivity contribution is 0.0928. The third-order valence-electron chi connectivity index (χ3n) is 6.36. The molecule has 0 unspecified atom stereocenters. The predicted molar refractivity (Wildman–Crippen MR) is 135 cm³/mol. The molecule has 1 atom stereocenters. The average molecular weight is 530 g/mol. The quantitative estimate of drug-likeness (QED) is 0.566. The van der Waals surface area contributed by atoms with Crippen molar-refractivity contribution >= 4 is 40.0 Å². The number of amides is 1. The molecule has 0 aromatic heterocycles. The van der Waals surface area contributed by atoms with E-state index >= 15 is 0 Å². The van der Waals surface area contributed by atoms with Crippen LogP contribution in [0.2, 0.25) is 0 Å². The van der Waals surface area contributed by atoms with E-state index in [1.165, 1.54) is 24.8 Å². The minimum atomic E-state index is -0.00663. The van der Waals surface area contributed by atoms with Crippen molar-refractivity contribution < 1.29 is 4.79 Å². The Morgan fingerprint density at radius 3 is 2.52 bits per heavy atom. The second kappa shape index (κ2) is 10.1. The van der Waals surface area contributed by atoms with Crippen LogP contribution in [0.5, 0.6) is 0 Å². The molecular formula is C25H31IN4O. The first kappa shape index (κ1) is 22.3. The molecule has 1 amide bonds. The molecule has 4 rings (SSSR count). The van der Waals surface area contributed by atoms with Gasteiger partial charge in [0.1, 0.15) is 5.84 Å². The van der Waals surface area contributed by atoms with Crippen molar-refractivity contribution in [2.24, 2.45) is 4.99 Å². The Balaban J connectivity index is 1.69. The van der Waals surface area contributed by atoms with Crippen LogP contribution in [0, 0.1) is 3.57 Å². The summed E-state index contributed by atoms with van der Waals surface area (Å²) in [6.45, 7) is 1.88. The normalized spacial score (nSPS) is 22.0. The van der Waals surface area contributed by atoms with Gasteiger partial charge in [0.15, 0.2) is 0 Å². The van der Waals surface area contributed by atoms with E-state index in [1.807, 2.05) is 24.3 Å². The van der Waals surface area contributed by atoms with E-state index in [-0.39, 0.29) is 18.0 Å². The van der Waals surface area contributed by atoms with Crippen LogP contribution in [0.3, 0.4) is 0 Å². The molecule has 2 aromatic rings. The Kier molecular flexibility index (Phi) is 7.27. The molecule has 0 radical (unpaired) electrons. The summed E-state index contributed by atoms with van der Waals surface area (Å²) in [4.78, 5) is 22.9. The van der Waals surface area contributed by atoms with Gasteiger partial charge in [-0.1, -0.05) is 49.6 Å². The Bertz CT molecular complexity index is 940. The molecule has 1 aliphatic carbocycles. The standard InChI is InChI=1S/C25H31IN4O/c1-29-15-16-30(2)24(23(29)18-9-5-3-6-10-18)28-22-14-13-19(26)17-21(22)25(31)27-20-11-7-4-8-12-20/h3,5-6,9-10,13-14,17,20,23H,4,7-8,11-12,15-16H2,1-2H3,(H,27,31)/t23-/m0/s1. The first-order valence-electron chi connectivity index (χ1n) is 11.2. The monoisotopic (exact) mass is 530 g/mol. The minimum Gasteiger partial charge on any atom is -0.360 e. The molecule has 1 saturated carbocycles. The SMILES string of the molecule is CN1CCN(C)[C@@H](c2ccccc2)C1=Nc1ccc(I)cc1C(=O)NC1CCCCC1. The molecule has 6 heteroatoms. The summed E-state index contributed by atoms with van der Waals surface area (Å²) in [5.74, 6) is 0.973. The lowest BCUT2D eigenvalue weighted by atomic mass is 9.95. The maximum absolute atomic E-state index is 13.2. The fourth-order valence-corrected chi connectivity index (χ4v) is 5.05. The van der Waals surface area contributed by atoms with Crippen molar-refractivity contribution in [1.82, 2.24) is 15.1 Å². The molecule has 1 N–H and O–H groups in total. The average Bonchev–Trinajstić information content (AvgIpc) is 2.78. The van der Waals surface area contributed by atoms with E-state index in [9.17, 15) is 4.79 Å². The number of carbonyl (C=O) groups excluding carboxylic acids is 1. The van der Waals surface area contributed by atoms with Gasteiger partial charge in [0.05, 0.1) is 17.3 Å². The first-order chi connectivity index (χ1) is 15.0. The van der Waals surface area contributed by atoms with Gasteiger partial charge in [-0.3, -0.25) is 9.69 Å². The summed E-state index contributed by atoms with van der Waals surface area (Å²) < 4.78 is 1.05. The third-order valence-corrected chi connectivity index (χ3v) is 7.03. The second-order valence-electron chi connectivity index (χ2n) is 8.66. The summed E-state index contributed by atoms with van der Waals surface area (Å²) in [6, 6.07) is 16.8. The molecule has 2 aliphatic rings. The number of halogens is 1. The van der Waals surface area contributed by atoms with Crippen molar-refractivity contribution in [1.29, 1.82) is 0 Å². The Morgan fingerprint density at radius 1 is 1.03 bits per heavy atom. The molecule has 0 bridgehead atoms. The summed E-state index contributed by atoms with van der Waals surface area (Å²) in [6.07, 6.45) is 5.81. The molecule has 31 heavy (non-hydrogen) atoms. The number of hydrogen-bond acceptors (Lipinski definition) is 3. The highest BCUT2D eigenvalue weighted by molar-refractivity contribution is 14.1. The van der Waals surface area contributed by atoms with Gasteiger partial charge in [0, 0.05) is 29.7 Å². The van der Waals surface area contributed by atoms with Gasteiger partial charge >= 0.3 is 0 Å². The van der Waals surface area contributed by atoms with Crippen molar-refractivity contribution in [2.75, 3.05) is 27.2 Å². The van der Waals surface area contributed by atoms with Crippen LogP contribution in [0.25, 0.3) is 0 Å². The van der Waals surface area contributed by atoms with Gasteiger partial charge in [0.2, 0.25) is 0 Å². The highest BCUT2D eigenvalue weighted by Gasteiger charge is 2.30. The third kappa shape index (κ3) is 5.29. The molecule has 1 saturated heterocycles. The summed E-state index contributed by atoms with van der Waals surface area (Å²) >= 11 is 2.27. The van der Waals surface area contributed by atoms with Crippen LogP contribution in [-0.2, 0) is 0 Å². The molecule has 164 valence electrons. The summed E-state index contributed by atoms with van der Waals surface area (Å²) in [5, 5.41) is 3.27. The number of piperazine rings is 1. The molecular weight excluding hydrogens is 499 g/mol. The van der Waals surface area contributed by atoms with Gasteiger partial charge in [0.25, 0.3) is 5.91 Å². The zero-order chi connectivity index (χ0) is 21.8. The lowest BCUT2D eigenvalue weighted by Gasteiger charge is -2.40. The molecule has 1 heterocycles. The number of benzene rings is 2. The predicted octanol–water partition coefficient (Wildman–Crippen LogP) is 5.00. The number of likely N-dealkylation sites (N-methyl/N-ethyl adjacent to an activating group) is 2. The van der Waals surface area contributed by atoms with Crippen molar-refractivity contribution in [3.05, 3.63) is 63.2 Å². The topological polar surface area (TPSA) is 47.9 Å². The number of amidine groups is 1. The van der Waals surface area contributed by atoms with Crippen LogP contribution in [-0.4, -0.2) is 54.8 Å². The molecule has 2 aromatic carbocycles. The molecule has 2 fully saturated rings. The fraction of sp³-hybridized carbons (Fsp3) is 0.440. The Labute approximate surface area is 199 Å². The van der Waals surface area contributed by atoms with Crippen LogP contribution >= 0.6 is 22.6 Å². The first-order valence-corrected chi connectivity index (χ1v) is 12.3. The zero-order valence-electron chi connectivity index (χ0n) is 18.4. The Hall–Kier alpha value is -1.93. The van der Waals surface area contributed by atoms with E-state index in [4.69, 9.17) is 4.99 Å². The fourth-order valence-electron chi connectivity index (χ4n) is 4.56. The maximum Gasteiger partial charge on any atom is 0.253 e. The number of carbonyl (C=O) groups is 1. The van der Waals surface area contributed by atoms with Gasteiger partial charge in [-0.15, -0.1) is 0 Å². The van der Waals surface area contributed by atoms with Crippen LogP contribution in [0.4, 0.5) is 5.69 Å². The number of aliphatic imine (C=N–C) groups is 1. The molecule has 5 nitrogen and oxygen atoms in total. The van der Waals surface area contributed by atoms with Crippen LogP contribution in [0.15, 0.2) is 53.5 Å². The summed E-state index contributed by atoms with van der Waals surface area (Å²) in [5.41, 5.74) is 2.62. The molecule has 1 aliphatic heterocycles. The number of hydrogen-bond donors (Lipinski definition) is 1. The summed E-state index contributed by atoms with van der Waals surface area (Å²) in [7, 11) is 4.24. The number of nitrogens with zero attached hydrogens (tertiary/aromatic N) is 3. The lowest BCUT2D eigenvalue weighted by Crippen LogP contribution is -2.49. The van der Waals surface area contributed by atoms with Gasteiger partial charge in [-0.25, -0.2) is 4.99 Å². The van der Waals surface area contributed by atoms with E-state index < -0.39 is 0 Å². The van der Waals surface area contributed by atoms with Gasteiger partial charge in [-0.2, -0.15) is 0 Å². The van der Waals surface area contributed by atoms with Crippen molar-refractivity contribution in [2.45, 2.75) is 44.2 Å². The van der Waals surface area contributed by atoms with Crippen molar-refractivity contribution in [3.8, 4) is 0 Å². The van der Waals surface area contributed by atoms with E-state index in [0.29, 0.717) is 5.56 Å².